The summed E-state index contributed by atoms with van der Waals surface area (Å²) in [6.07, 6.45) is 2.51. The Hall–Kier alpha value is -4.23. The quantitative estimate of drug-likeness (QED) is 0.179. The zero-order chi connectivity index (χ0) is 31.0. The molecule has 0 atom stereocenters. The van der Waals surface area contributed by atoms with Crippen LogP contribution in [0.1, 0.15) is 49.2 Å². The maximum atomic E-state index is 13.8. The number of benzene rings is 3. The monoisotopic (exact) mass is 628 g/mol. The van der Waals surface area contributed by atoms with Gasteiger partial charge in [-0.1, -0.05) is 47.5 Å². The van der Waals surface area contributed by atoms with Gasteiger partial charge in [0.25, 0.3) is 0 Å². The molecule has 6 rings (SSSR count). The second kappa shape index (κ2) is 12.4. The molecule has 0 aliphatic carbocycles. The lowest BCUT2D eigenvalue weighted by Gasteiger charge is -2.28. The lowest BCUT2D eigenvalue weighted by atomic mass is 9.95. The van der Waals surface area contributed by atoms with Crippen LogP contribution in [0.5, 0.6) is 0 Å². The molecule has 0 spiro atoms. The van der Waals surface area contributed by atoms with Crippen molar-refractivity contribution in [2.75, 3.05) is 23.7 Å². The van der Waals surface area contributed by atoms with Crippen molar-refractivity contribution >= 4 is 51.2 Å². The minimum Gasteiger partial charge on any atom is -0.379 e. The Balaban J connectivity index is 1.35. The zero-order valence-electron chi connectivity index (χ0n) is 24.6. The van der Waals surface area contributed by atoms with Crippen molar-refractivity contribution in [1.82, 2.24) is 24.9 Å². The van der Waals surface area contributed by atoms with Gasteiger partial charge in [-0.25, -0.2) is 9.07 Å². The fourth-order valence-electron chi connectivity index (χ4n) is 5.62. The Labute approximate surface area is 265 Å². The Morgan fingerprint density at radius 3 is 2.61 bits per heavy atom. The number of nitriles is 1. The van der Waals surface area contributed by atoms with Gasteiger partial charge in [0, 0.05) is 47.7 Å². The summed E-state index contributed by atoms with van der Waals surface area (Å²) in [5.74, 6) is -0.529. The Bertz CT molecular complexity index is 1910. The topological polar surface area (TPSA) is 94.7 Å². The van der Waals surface area contributed by atoms with Crippen LogP contribution in [0.3, 0.4) is 0 Å². The third kappa shape index (κ3) is 5.81. The van der Waals surface area contributed by atoms with Crippen LogP contribution in [0.2, 0.25) is 10.0 Å². The van der Waals surface area contributed by atoms with E-state index in [9.17, 15) is 9.65 Å². The molecule has 0 saturated heterocycles. The summed E-state index contributed by atoms with van der Waals surface area (Å²) in [6, 6.07) is 16.9. The van der Waals surface area contributed by atoms with Gasteiger partial charge >= 0.3 is 0 Å². The van der Waals surface area contributed by atoms with Gasteiger partial charge < -0.3 is 10.6 Å². The van der Waals surface area contributed by atoms with Crippen LogP contribution in [0.4, 0.5) is 21.5 Å². The van der Waals surface area contributed by atoms with E-state index >= 15 is 0 Å². The SMILES string of the molecule is CCN1CCc2ccc(-c3c(CNc4cc(Cl)c5ncc(C#N)c(Nc6ccc(F)c(Cl)c6)c5c4)nnn3C(C)C)cc2C1. The Morgan fingerprint density at radius 1 is 1.05 bits per heavy atom. The maximum absolute atomic E-state index is 13.8. The molecule has 0 bridgehead atoms. The summed E-state index contributed by atoms with van der Waals surface area (Å²) in [4.78, 5) is 6.89. The number of fused-ring (bicyclic) bond motifs is 2. The third-order valence-corrected chi connectivity index (χ3v) is 8.54. The van der Waals surface area contributed by atoms with Crippen molar-refractivity contribution < 1.29 is 4.39 Å². The number of nitrogens with zero attached hydrogens (tertiary/aromatic N) is 6. The van der Waals surface area contributed by atoms with Gasteiger partial charge in [-0.15, -0.1) is 5.10 Å². The molecule has 0 fully saturated rings. The molecule has 0 radical (unpaired) electrons. The molecule has 3 heterocycles. The molecule has 0 saturated carbocycles. The first-order valence-electron chi connectivity index (χ1n) is 14.5. The molecular weight excluding hydrogens is 598 g/mol. The first-order valence-corrected chi connectivity index (χ1v) is 15.3. The number of anilines is 3. The number of aromatic nitrogens is 4. The molecule has 0 unspecified atom stereocenters. The van der Waals surface area contributed by atoms with E-state index in [1.165, 1.54) is 29.5 Å². The molecule has 3 aromatic carbocycles. The fraction of sp³-hybridized carbons (Fsp3) is 0.273. The number of likely N-dealkylation sites (N-methyl/N-ethyl adjacent to an activating group) is 1. The molecule has 1 aliphatic heterocycles. The number of nitrogens with one attached hydrogen (secondary N) is 2. The van der Waals surface area contributed by atoms with E-state index in [-0.39, 0.29) is 11.1 Å². The lowest BCUT2D eigenvalue weighted by Crippen LogP contribution is -2.30. The highest BCUT2D eigenvalue weighted by atomic mass is 35.5. The van der Waals surface area contributed by atoms with Crippen LogP contribution in [-0.2, 0) is 19.5 Å². The number of hydrogen-bond acceptors (Lipinski definition) is 7. The molecule has 5 aromatic rings. The zero-order valence-corrected chi connectivity index (χ0v) is 26.1. The van der Waals surface area contributed by atoms with Crippen molar-refractivity contribution in [3.63, 3.8) is 0 Å². The smallest absolute Gasteiger partial charge is 0.141 e. The summed E-state index contributed by atoms with van der Waals surface area (Å²) in [7, 11) is 0. The number of halogens is 3. The van der Waals surface area contributed by atoms with Crippen molar-refractivity contribution in [3.8, 4) is 17.3 Å². The second-order valence-electron chi connectivity index (χ2n) is 11.1. The van der Waals surface area contributed by atoms with E-state index < -0.39 is 5.82 Å². The van der Waals surface area contributed by atoms with Crippen LogP contribution < -0.4 is 10.6 Å². The molecular formula is C33H31Cl2FN8. The lowest BCUT2D eigenvalue weighted by molar-refractivity contribution is 0.268. The summed E-state index contributed by atoms with van der Waals surface area (Å²) >= 11 is 12.7. The second-order valence-corrected chi connectivity index (χ2v) is 12.0. The van der Waals surface area contributed by atoms with E-state index in [4.69, 9.17) is 23.2 Å². The Morgan fingerprint density at radius 2 is 1.86 bits per heavy atom. The highest BCUT2D eigenvalue weighted by Crippen LogP contribution is 2.36. The number of hydrogen-bond donors (Lipinski definition) is 2. The minimum atomic E-state index is -0.529. The summed E-state index contributed by atoms with van der Waals surface area (Å²) < 4.78 is 15.8. The van der Waals surface area contributed by atoms with Gasteiger partial charge in [-0.05, 0) is 74.3 Å². The van der Waals surface area contributed by atoms with Gasteiger partial charge in [0.05, 0.1) is 39.1 Å². The number of rotatable bonds is 8. The van der Waals surface area contributed by atoms with Crippen LogP contribution in [0.25, 0.3) is 22.2 Å². The molecule has 2 N–H and O–H groups in total. The first-order chi connectivity index (χ1) is 21.2. The summed E-state index contributed by atoms with van der Waals surface area (Å²) in [5.41, 5.74) is 8.16. The van der Waals surface area contributed by atoms with Gasteiger partial charge in [-0.3, -0.25) is 9.88 Å². The predicted octanol–water partition coefficient (Wildman–Crippen LogP) is 8.13. The Kier molecular flexibility index (Phi) is 8.41. The van der Waals surface area contributed by atoms with Gasteiger partial charge in [0.2, 0.25) is 0 Å². The largest absolute Gasteiger partial charge is 0.379 e. The average molecular weight is 630 g/mol. The molecule has 2 aromatic heterocycles. The van der Waals surface area contributed by atoms with E-state index in [0.29, 0.717) is 45.1 Å². The third-order valence-electron chi connectivity index (χ3n) is 7.97. The molecule has 1 aliphatic rings. The van der Waals surface area contributed by atoms with Gasteiger partial charge in [0.15, 0.2) is 0 Å². The summed E-state index contributed by atoms with van der Waals surface area (Å²) in [6.45, 7) is 9.83. The predicted molar refractivity (Wildman–Crippen MR) is 174 cm³/mol. The van der Waals surface area contributed by atoms with E-state index in [1.807, 2.05) is 10.7 Å². The molecule has 44 heavy (non-hydrogen) atoms. The standard InChI is InChI=1S/C33H31Cl2FN8/c1-4-43-10-9-20-5-6-21(11-22(20)18-43)33-30(41-42-44(33)19(2)3)17-38-25-12-26-31(40-24-7-8-29(36)27(34)13-24)23(15-37)16-39-32(26)28(35)14-25/h5-8,11-14,16,19,38H,4,9-10,17-18H2,1-3H3,(H,39,40). The van der Waals surface area contributed by atoms with Crippen LogP contribution in [0, 0.1) is 17.1 Å². The van der Waals surface area contributed by atoms with Crippen molar-refractivity contribution in [1.29, 1.82) is 5.26 Å². The average Bonchev–Trinajstić information content (AvgIpc) is 3.46. The van der Waals surface area contributed by atoms with E-state index in [2.05, 4.69) is 75.9 Å². The molecule has 11 heteroatoms. The van der Waals surface area contributed by atoms with Crippen LogP contribution >= 0.6 is 23.2 Å². The van der Waals surface area contributed by atoms with Crippen molar-refractivity contribution in [3.05, 3.63) is 93.0 Å². The highest BCUT2D eigenvalue weighted by Gasteiger charge is 2.21. The maximum Gasteiger partial charge on any atom is 0.141 e. The van der Waals surface area contributed by atoms with E-state index in [1.54, 1.807) is 12.1 Å². The normalized spacial score (nSPS) is 13.2. The number of pyridine rings is 1. The minimum absolute atomic E-state index is 0.0286. The van der Waals surface area contributed by atoms with E-state index in [0.717, 1.165) is 43.0 Å². The molecule has 0 amide bonds. The van der Waals surface area contributed by atoms with Gasteiger partial charge in [0.1, 0.15) is 17.6 Å². The first kappa shape index (κ1) is 29.8. The van der Waals surface area contributed by atoms with Crippen molar-refractivity contribution in [2.24, 2.45) is 0 Å². The van der Waals surface area contributed by atoms with Crippen LogP contribution in [0.15, 0.2) is 54.7 Å². The molecule has 8 nitrogen and oxygen atoms in total. The van der Waals surface area contributed by atoms with Crippen molar-refractivity contribution in [2.45, 2.75) is 46.3 Å². The van der Waals surface area contributed by atoms with Gasteiger partial charge in [-0.2, -0.15) is 5.26 Å². The highest BCUT2D eigenvalue weighted by molar-refractivity contribution is 6.36. The van der Waals surface area contributed by atoms with Crippen LogP contribution in [-0.4, -0.2) is 38.0 Å². The summed E-state index contributed by atoms with van der Waals surface area (Å²) in [5, 5.41) is 26.6. The molecule has 224 valence electrons. The fourth-order valence-corrected chi connectivity index (χ4v) is 6.07.